The van der Waals surface area contributed by atoms with Crippen molar-refractivity contribution in [3.63, 3.8) is 0 Å². The van der Waals surface area contributed by atoms with Gasteiger partial charge in [0.2, 0.25) is 0 Å². The Balaban J connectivity index is 0.000000317. The van der Waals surface area contributed by atoms with Gasteiger partial charge in [0, 0.05) is 12.5 Å². The molecule has 7 nitrogen and oxygen atoms in total. The maximum absolute atomic E-state index is 8.36. The summed E-state index contributed by atoms with van der Waals surface area (Å²) in [5.41, 5.74) is 13.4. The molecular weight excluding hydrogens is 224 g/mol. The third-order valence-electron chi connectivity index (χ3n) is 2.46. The quantitative estimate of drug-likeness (QED) is 0.294. The van der Waals surface area contributed by atoms with Crippen molar-refractivity contribution in [3.05, 3.63) is 45.5 Å². The van der Waals surface area contributed by atoms with Gasteiger partial charge in [0.1, 0.15) is 0 Å². The molecule has 1 aromatic carbocycles. The van der Waals surface area contributed by atoms with Gasteiger partial charge in [0.05, 0.1) is 0 Å². The second kappa shape index (κ2) is 5.69. The van der Waals surface area contributed by atoms with Gasteiger partial charge in [0.15, 0.2) is 5.96 Å². The fraction of sp³-hybridized carbons (Fsp3) is 0.300. The zero-order valence-corrected chi connectivity index (χ0v) is 9.11. The minimum absolute atomic E-state index is 0.185. The zero-order valence-electron chi connectivity index (χ0n) is 9.11. The lowest BCUT2D eigenvalue weighted by Crippen LogP contribution is -2.26. The number of nitrogens with zero attached hydrogens (tertiary/aromatic N) is 2. The van der Waals surface area contributed by atoms with Crippen molar-refractivity contribution >= 4 is 5.96 Å². The lowest BCUT2D eigenvalue weighted by molar-refractivity contribution is -0.742. The first-order valence-electron chi connectivity index (χ1n) is 4.97. The van der Waals surface area contributed by atoms with E-state index < -0.39 is 5.09 Å². The molecule has 1 aromatic rings. The number of rotatable bonds is 2. The van der Waals surface area contributed by atoms with Gasteiger partial charge in [-0.25, -0.2) is 0 Å². The maximum atomic E-state index is 8.36. The van der Waals surface area contributed by atoms with Crippen molar-refractivity contribution in [2.45, 2.75) is 12.3 Å². The monoisotopic (exact) mass is 238 g/mol. The molecule has 0 heterocycles. The summed E-state index contributed by atoms with van der Waals surface area (Å²) in [6.07, 6.45) is 1.10. The summed E-state index contributed by atoms with van der Waals surface area (Å²) in [4.78, 5) is 12.4. The molecule has 2 rings (SSSR count). The first kappa shape index (κ1) is 12.8. The van der Waals surface area contributed by atoms with Crippen LogP contribution in [-0.4, -0.2) is 22.8 Å². The minimum atomic E-state index is -1.50. The largest absolute Gasteiger partial charge is 0.370 e. The summed E-state index contributed by atoms with van der Waals surface area (Å²) in [7, 11) is 0. The Morgan fingerprint density at radius 3 is 2.65 bits per heavy atom. The average molecular weight is 238 g/mol. The van der Waals surface area contributed by atoms with E-state index in [0.717, 1.165) is 13.0 Å². The second-order valence-electron chi connectivity index (χ2n) is 3.60. The van der Waals surface area contributed by atoms with Crippen LogP contribution >= 0.6 is 0 Å². The highest BCUT2D eigenvalue weighted by atomic mass is 16.9. The Hall–Kier alpha value is -2.31. The van der Waals surface area contributed by atoms with Crippen molar-refractivity contribution in [3.8, 4) is 0 Å². The molecule has 17 heavy (non-hydrogen) atoms. The van der Waals surface area contributed by atoms with Gasteiger partial charge in [-0.15, -0.1) is 10.1 Å². The van der Waals surface area contributed by atoms with Crippen LogP contribution in [0.3, 0.4) is 0 Å². The number of hydrogen-bond acceptors (Lipinski definition) is 3. The summed E-state index contributed by atoms with van der Waals surface area (Å²) < 4.78 is 0. The SMILES string of the molecule is NC(N)=NCC1Cc2ccccc21.O=[N+]([O-])O. The molecule has 0 aliphatic heterocycles. The fourth-order valence-corrected chi connectivity index (χ4v) is 1.74. The molecule has 7 heteroatoms. The fourth-order valence-electron chi connectivity index (χ4n) is 1.74. The molecule has 0 radical (unpaired) electrons. The molecule has 5 N–H and O–H groups in total. The number of guanidine groups is 1. The smallest absolute Gasteiger partial charge is 0.291 e. The molecule has 0 fully saturated rings. The van der Waals surface area contributed by atoms with Crippen molar-refractivity contribution < 1.29 is 10.3 Å². The van der Waals surface area contributed by atoms with E-state index in [9.17, 15) is 0 Å². The molecule has 1 aliphatic carbocycles. The van der Waals surface area contributed by atoms with E-state index >= 15 is 0 Å². The van der Waals surface area contributed by atoms with Crippen molar-refractivity contribution in [1.29, 1.82) is 0 Å². The highest BCUT2D eigenvalue weighted by molar-refractivity contribution is 5.75. The van der Waals surface area contributed by atoms with Crippen LogP contribution in [0.4, 0.5) is 0 Å². The number of nitrogens with two attached hydrogens (primary N) is 2. The van der Waals surface area contributed by atoms with Crippen LogP contribution < -0.4 is 11.5 Å². The standard InChI is InChI=1S/C10H13N3.HNO3/c11-10(12)13-6-8-5-7-3-1-2-4-9(7)8;2-1(3)4/h1-4,8H,5-6H2,(H4,11,12,13);(H,2,3,4). The molecule has 92 valence electrons. The van der Waals surface area contributed by atoms with E-state index in [-0.39, 0.29) is 5.96 Å². The van der Waals surface area contributed by atoms with Crippen molar-refractivity contribution in [2.75, 3.05) is 6.54 Å². The van der Waals surface area contributed by atoms with Gasteiger partial charge in [0.25, 0.3) is 5.09 Å². The van der Waals surface area contributed by atoms with E-state index in [0.29, 0.717) is 5.92 Å². The second-order valence-corrected chi connectivity index (χ2v) is 3.60. The Labute approximate surface area is 97.9 Å². The summed E-state index contributed by atoms with van der Waals surface area (Å²) in [5, 5.41) is 13.6. The van der Waals surface area contributed by atoms with Crippen LogP contribution in [0.1, 0.15) is 17.0 Å². The Bertz CT molecular complexity index is 425. The normalized spacial score (nSPS) is 15.6. The van der Waals surface area contributed by atoms with Gasteiger partial charge in [-0.3, -0.25) is 4.99 Å². The topological polar surface area (TPSA) is 128 Å². The Morgan fingerprint density at radius 1 is 1.53 bits per heavy atom. The van der Waals surface area contributed by atoms with Gasteiger partial charge in [-0.2, -0.15) is 0 Å². The van der Waals surface area contributed by atoms with E-state index in [1.807, 2.05) is 0 Å². The van der Waals surface area contributed by atoms with Crippen LogP contribution in [-0.2, 0) is 6.42 Å². The van der Waals surface area contributed by atoms with Crippen LogP contribution in [0.2, 0.25) is 0 Å². The van der Waals surface area contributed by atoms with Crippen LogP contribution in [0, 0.1) is 10.1 Å². The van der Waals surface area contributed by atoms with Gasteiger partial charge in [-0.1, -0.05) is 24.3 Å². The molecule has 1 atom stereocenters. The molecule has 0 amide bonds. The number of aliphatic imine (C=N–C) groups is 1. The minimum Gasteiger partial charge on any atom is -0.370 e. The number of fused-ring (bicyclic) bond motifs is 1. The zero-order chi connectivity index (χ0) is 12.8. The summed E-state index contributed by atoms with van der Waals surface area (Å²) in [6.45, 7) is 0.722. The number of hydrogen-bond donors (Lipinski definition) is 3. The van der Waals surface area contributed by atoms with Gasteiger partial charge in [-0.05, 0) is 17.5 Å². The highest BCUT2D eigenvalue weighted by Crippen LogP contribution is 2.34. The summed E-state index contributed by atoms with van der Waals surface area (Å²) >= 11 is 0. The lowest BCUT2D eigenvalue weighted by atomic mass is 9.78. The predicted molar refractivity (Wildman–Crippen MR) is 62.3 cm³/mol. The lowest BCUT2D eigenvalue weighted by Gasteiger charge is -2.28. The maximum Gasteiger partial charge on any atom is 0.291 e. The average Bonchev–Trinajstić information content (AvgIpc) is 2.18. The van der Waals surface area contributed by atoms with Crippen molar-refractivity contribution in [1.82, 2.24) is 0 Å². The molecular formula is C10H14N4O3. The molecule has 1 aliphatic rings. The van der Waals surface area contributed by atoms with E-state index in [4.69, 9.17) is 26.8 Å². The van der Waals surface area contributed by atoms with Gasteiger partial charge < -0.3 is 16.7 Å². The third-order valence-corrected chi connectivity index (χ3v) is 2.46. The third kappa shape index (κ3) is 3.98. The number of benzene rings is 1. The Kier molecular flexibility index (Phi) is 4.27. The van der Waals surface area contributed by atoms with Crippen LogP contribution in [0.15, 0.2) is 29.3 Å². The molecule has 0 saturated carbocycles. The molecule has 0 bridgehead atoms. The van der Waals surface area contributed by atoms with Crippen LogP contribution in [0.5, 0.6) is 0 Å². The van der Waals surface area contributed by atoms with E-state index in [1.165, 1.54) is 11.1 Å². The summed E-state index contributed by atoms with van der Waals surface area (Å²) in [5.74, 6) is 0.711. The molecule has 0 aromatic heterocycles. The van der Waals surface area contributed by atoms with E-state index in [2.05, 4.69) is 29.3 Å². The van der Waals surface area contributed by atoms with Crippen molar-refractivity contribution in [2.24, 2.45) is 16.5 Å². The van der Waals surface area contributed by atoms with E-state index in [1.54, 1.807) is 0 Å². The molecule has 1 unspecified atom stereocenters. The molecule has 0 spiro atoms. The van der Waals surface area contributed by atoms with Gasteiger partial charge >= 0.3 is 0 Å². The highest BCUT2D eigenvalue weighted by Gasteiger charge is 2.24. The first-order chi connectivity index (χ1) is 8.00. The predicted octanol–water partition coefficient (Wildman–Crippen LogP) is 0.252. The first-order valence-corrected chi connectivity index (χ1v) is 4.97. The Morgan fingerprint density at radius 2 is 2.12 bits per heavy atom. The molecule has 0 saturated heterocycles. The summed E-state index contributed by atoms with van der Waals surface area (Å²) in [6, 6.07) is 8.42. The van der Waals surface area contributed by atoms with Crippen LogP contribution in [0.25, 0.3) is 0 Å².